The third-order valence-electron chi connectivity index (χ3n) is 6.05. The smallest absolute Gasteiger partial charge is 0.310 e. The molecule has 1 unspecified atom stereocenters. The summed E-state index contributed by atoms with van der Waals surface area (Å²) in [7, 11) is 1.87. The molecule has 0 N–H and O–H groups in total. The summed E-state index contributed by atoms with van der Waals surface area (Å²) in [6.07, 6.45) is 2.95. The van der Waals surface area contributed by atoms with E-state index in [0.717, 1.165) is 12.0 Å². The number of nitrogens with zero attached hydrogens (tertiary/aromatic N) is 4. The summed E-state index contributed by atoms with van der Waals surface area (Å²) in [5.74, 6) is -0.291. The lowest BCUT2D eigenvalue weighted by Gasteiger charge is -2.32. The molecule has 1 saturated heterocycles. The average molecular weight is 477 g/mol. The first-order valence-corrected chi connectivity index (χ1v) is 11.8. The zero-order valence-corrected chi connectivity index (χ0v) is 20.0. The number of rotatable bonds is 7. The zero-order chi connectivity index (χ0) is 24.8. The molecule has 8 heteroatoms. The van der Waals surface area contributed by atoms with Gasteiger partial charge in [-0.2, -0.15) is 0 Å². The molecule has 2 heterocycles. The predicted molar refractivity (Wildman–Crippen MR) is 131 cm³/mol. The van der Waals surface area contributed by atoms with E-state index in [0.29, 0.717) is 55.4 Å². The van der Waals surface area contributed by atoms with E-state index in [1.807, 2.05) is 42.3 Å². The molecule has 2 aromatic carbocycles. The van der Waals surface area contributed by atoms with Crippen molar-refractivity contribution in [3.05, 3.63) is 77.7 Å². The van der Waals surface area contributed by atoms with Crippen molar-refractivity contribution in [2.45, 2.75) is 26.3 Å². The zero-order valence-electron chi connectivity index (χ0n) is 20.0. The van der Waals surface area contributed by atoms with E-state index in [-0.39, 0.29) is 23.6 Å². The van der Waals surface area contributed by atoms with Crippen LogP contribution in [0.5, 0.6) is 0 Å². The minimum atomic E-state index is -0.344. The maximum Gasteiger partial charge on any atom is 0.310 e. The van der Waals surface area contributed by atoms with E-state index in [4.69, 9.17) is 9.72 Å². The van der Waals surface area contributed by atoms with Crippen molar-refractivity contribution in [2.24, 2.45) is 5.92 Å². The molecule has 1 fully saturated rings. The number of likely N-dealkylation sites (tertiary alicyclic amines) is 1. The summed E-state index contributed by atoms with van der Waals surface area (Å²) in [6, 6.07) is 15.8. The highest BCUT2D eigenvalue weighted by molar-refractivity contribution is 5.99. The molecule has 7 nitrogen and oxygen atoms in total. The number of hydrogen-bond donors (Lipinski definition) is 0. The van der Waals surface area contributed by atoms with Crippen LogP contribution in [0.4, 0.5) is 10.2 Å². The topological polar surface area (TPSA) is 75.6 Å². The minimum Gasteiger partial charge on any atom is -0.466 e. The van der Waals surface area contributed by atoms with Crippen LogP contribution in [0.3, 0.4) is 0 Å². The quantitative estimate of drug-likeness (QED) is 0.473. The van der Waals surface area contributed by atoms with Gasteiger partial charge in [-0.15, -0.1) is 0 Å². The Balaban J connectivity index is 1.66. The van der Waals surface area contributed by atoms with Crippen LogP contribution < -0.4 is 4.90 Å². The van der Waals surface area contributed by atoms with Gasteiger partial charge in [0.25, 0.3) is 5.91 Å². The summed E-state index contributed by atoms with van der Waals surface area (Å²) >= 11 is 0. The molecule has 4 rings (SSSR count). The maximum absolute atomic E-state index is 13.6. The standard InChI is InChI=1S/C27H29FN4O3/c1-3-35-27(34)21-10-7-15-32(18-21)26(33)23-16-29-24(20-11-13-22(28)14-12-20)30-25(23)31(2)17-19-8-5-4-6-9-19/h4-6,8-9,11-14,16,21H,3,7,10,15,17-18H2,1-2H3. The van der Waals surface area contributed by atoms with Gasteiger partial charge in [-0.25, -0.2) is 14.4 Å². The van der Waals surface area contributed by atoms with Gasteiger partial charge in [0, 0.05) is 38.4 Å². The predicted octanol–water partition coefficient (Wildman–Crippen LogP) is 4.33. The highest BCUT2D eigenvalue weighted by Crippen LogP contribution is 2.27. The largest absolute Gasteiger partial charge is 0.466 e. The summed E-state index contributed by atoms with van der Waals surface area (Å²) < 4.78 is 18.6. The van der Waals surface area contributed by atoms with Gasteiger partial charge >= 0.3 is 5.97 Å². The molecule has 1 aliphatic heterocycles. The molecule has 0 saturated carbocycles. The minimum absolute atomic E-state index is 0.223. The van der Waals surface area contributed by atoms with Crippen molar-refractivity contribution < 1.29 is 18.7 Å². The molecule has 0 spiro atoms. The Kier molecular flexibility index (Phi) is 7.70. The maximum atomic E-state index is 13.6. The van der Waals surface area contributed by atoms with Crippen molar-refractivity contribution in [3.63, 3.8) is 0 Å². The number of halogens is 1. The molecule has 0 bridgehead atoms. The van der Waals surface area contributed by atoms with Crippen molar-refractivity contribution in [3.8, 4) is 11.4 Å². The fourth-order valence-electron chi connectivity index (χ4n) is 4.27. The summed E-state index contributed by atoms with van der Waals surface area (Å²) in [5.41, 5.74) is 2.08. The van der Waals surface area contributed by atoms with E-state index in [1.54, 1.807) is 24.0 Å². The number of anilines is 1. The van der Waals surface area contributed by atoms with E-state index >= 15 is 0 Å². The molecule has 0 aliphatic carbocycles. The van der Waals surface area contributed by atoms with Crippen LogP contribution in [0, 0.1) is 11.7 Å². The van der Waals surface area contributed by atoms with Gasteiger partial charge in [-0.05, 0) is 49.6 Å². The van der Waals surface area contributed by atoms with Crippen molar-refractivity contribution in [2.75, 3.05) is 31.6 Å². The Labute approximate surface area is 204 Å². The van der Waals surface area contributed by atoms with Crippen molar-refractivity contribution >= 4 is 17.7 Å². The Morgan fingerprint density at radius 2 is 1.89 bits per heavy atom. The SMILES string of the molecule is CCOC(=O)C1CCCN(C(=O)c2cnc(-c3ccc(F)cc3)nc2N(C)Cc2ccccc2)C1. The third-order valence-corrected chi connectivity index (χ3v) is 6.05. The van der Waals surface area contributed by atoms with Gasteiger partial charge in [0.1, 0.15) is 17.2 Å². The van der Waals surface area contributed by atoms with Gasteiger partial charge in [0.15, 0.2) is 5.82 Å². The first kappa shape index (κ1) is 24.3. The number of piperidine rings is 1. The molecule has 1 amide bonds. The van der Waals surface area contributed by atoms with Crippen molar-refractivity contribution in [1.29, 1.82) is 0 Å². The van der Waals surface area contributed by atoms with Gasteiger partial charge in [-0.1, -0.05) is 30.3 Å². The Bertz CT molecular complexity index is 1170. The normalized spacial score (nSPS) is 15.5. The highest BCUT2D eigenvalue weighted by atomic mass is 19.1. The molecule has 0 radical (unpaired) electrons. The van der Waals surface area contributed by atoms with Crippen LogP contribution in [0.1, 0.15) is 35.7 Å². The summed E-state index contributed by atoms with van der Waals surface area (Å²) in [6.45, 7) is 3.48. The van der Waals surface area contributed by atoms with Crippen LogP contribution in [0.2, 0.25) is 0 Å². The molecule has 1 aromatic heterocycles. The Morgan fingerprint density at radius 3 is 2.60 bits per heavy atom. The van der Waals surface area contributed by atoms with Gasteiger partial charge in [0.2, 0.25) is 0 Å². The van der Waals surface area contributed by atoms with E-state index in [9.17, 15) is 14.0 Å². The number of aromatic nitrogens is 2. The van der Waals surface area contributed by atoms with E-state index in [2.05, 4.69) is 4.98 Å². The fraction of sp³-hybridized carbons (Fsp3) is 0.333. The molecule has 182 valence electrons. The lowest BCUT2D eigenvalue weighted by molar-refractivity contribution is -0.149. The molecular weight excluding hydrogens is 447 g/mol. The number of ether oxygens (including phenoxy) is 1. The van der Waals surface area contributed by atoms with Crippen LogP contribution in [0.25, 0.3) is 11.4 Å². The van der Waals surface area contributed by atoms with Crippen LogP contribution in [-0.2, 0) is 16.1 Å². The fourth-order valence-corrected chi connectivity index (χ4v) is 4.27. The molecular formula is C27H29FN4O3. The van der Waals surface area contributed by atoms with Crippen LogP contribution in [-0.4, -0.2) is 53.5 Å². The molecule has 1 atom stereocenters. The first-order chi connectivity index (χ1) is 17.0. The Morgan fingerprint density at radius 1 is 1.14 bits per heavy atom. The first-order valence-electron chi connectivity index (χ1n) is 11.8. The number of amides is 1. The number of hydrogen-bond acceptors (Lipinski definition) is 6. The average Bonchev–Trinajstić information content (AvgIpc) is 2.89. The van der Waals surface area contributed by atoms with Gasteiger partial charge < -0.3 is 14.5 Å². The molecule has 3 aromatic rings. The lowest BCUT2D eigenvalue weighted by Crippen LogP contribution is -2.43. The second kappa shape index (κ2) is 11.1. The second-order valence-electron chi connectivity index (χ2n) is 8.62. The van der Waals surface area contributed by atoms with Crippen LogP contribution >= 0.6 is 0 Å². The monoisotopic (exact) mass is 476 g/mol. The molecule has 1 aliphatic rings. The number of carbonyl (C=O) groups is 2. The second-order valence-corrected chi connectivity index (χ2v) is 8.62. The summed E-state index contributed by atoms with van der Waals surface area (Å²) in [4.78, 5) is 38.6. The van der Waals surface area contributed by atoms with Crippen LogP contribution in [0.15, 0.2) is 60.8 Å². The Hall–Kier alpha value is -3.81. The van der Waals surface area contributed by atoms with Crippen molar-refractivity contribution in [1.82, 2.24) is 14.9 Å². The molecule has 35 heavy (non-hydrogen) atoms. The number of esters is 1. The highest BCUT2D eigenvalue weighted by Gasteiger charge is 2.31. The number of benzene rings is 2. The van der Waals surface area contributed by atoms with E-state index in [1.165, 1.54) is 18.3 Å². The van der Waals surface area contributed by atoms with E-state index < -0.39 is 0 Å². The third kappa shape index (κ3) is 5.82. The summed E-state index contributed by atoms with van der Waals surface area (Å²) in [5, 5.41) is 0. The van der Waals surface area contributed by atoms with Gasteiger partial charge in [0.05, 0.1) is 12.5 Å². The lowest BCUT2D eigenvalue weighted by atomic mass is 9.97. The van der Waals surface area contributed by atoms with Gasteiger partial charge in [-0.3, -0.25) is 9.59 Å². The number of carbonyl (C=O) groups excluding carboxylic acids is 2.